The first-order valence-electron chi connectivity index (χ1n) is 7.63. The van der Waals surface area contributed by atoms with E-state index in [1.54, 1.807) is 18.2 Å². The van der Waals surface area contributed by atoms with E-state index in [9.17, 15) is 9.90 Å². The molecule has 0 aliphatic heterocycles. The number of alkyl halides is 1. The van der Waals surface area contributed by atoms with Gasteiger partial charge in [0.2, 0.25) is 0 Å². The fourth-order valence-corrected chi connectivity index (χ4v) is 3.45. The molecule has 1 aromatic carbocycles. The van der Waals surface area contributed by atoms with Crippen LogP contribution in [0.2, 0.25) is 5.02 Å². The van der Waals surface area contributed by atoms with E-state index in [0.29, 0.717) is 22.7 Å². The van der Waals surface area contributed by atoms with Crippen LogP contribution in [0.3, 0.4) is 0 Å². The molecule has 1 atom stereocenters. The topological polar surface area (TPSA) is 42.2 Å². The minimum atomic E-state index is -0.935. The first-order valence-corrected chi connectivity index (χ1v) is 8.45. The fourth-order valence-electron chi connectivity index (χ4n) is 3.04. The van der Waals surface area contributed by atoms with Crippen LogP contribution in [0.1, 0.15) is 29.4 Å². The van der Waals surface area contributed by atoms with Crippen LogP contribution >= 0.6 is 23.2 Å². The number of carbonyl (C=O) groups is 1. The summed E-state index contributed by atoms with van der Waals surface area (Å²) in [4.78, 5) is 11.6. The third-order valence-corrected chi connectivity index (χ3v) is 4.79. The number of benzene rings is 1. The summed E-state index contributed by atoms with van der Waals surface area (Å²) >= 11 is 12.2. The van der Waals surface area contributed by atoms with Gasteiger partial charge in [0, 0.05) is 16.4 Å². The van der Waals surface area contributed by atoms with Crippen molar-refractivity contribution in [3.05, 3.63) is 64.3 Å². The van der Waals surface area contributed by atoms with Gasteiger partial charge in [0.05, 0.1) is 16.6 Å². The van der Waals surface area contributed by atoms with E-state index < -0.39 is 5.97 Å². The molecule has 0 saturated heterocycles. The number of halogens is 2. The van der Waals surface area contributed by atoms with Crippen molar-refractivity contribution in [1.29, 1.82) is 0 Å². The summed E-state index contributed by atoms with van der Waals surface area (Å²) in [6.45, 7) is 3.82. The van der Waals surface area contributed by atoms with Gasteiger partial charge in [0.15, 0.2) is 0 Å². The van der Waals surface area contributed by atoms with Crippen molar-refractivity contribution in [3.8, 4) is 11.3 Å². The van der Waals surface area contributed by atoms with Gasteiger partial charge in [-0.25, -0.2) is 4.79 Å². The van der Waals surface area contributed by atoms with E-state index in [0.717, 1.165) is 22.5 Å². The van der Waals surface area contributed by atoms with Gasteiger partial charge < -0.3 is 9.67 Å². The van der Waals surface area contributed by atoms with E-state index in [2.05, 4.69) is 6.08 Å². The molecule has 0 amide bonds. The van der Waals surface area contributed by atoms with Crippen molar-refractivity contribution in [2.45, 2.75) is 25.6 Å². The van der Waals surface area contributed by atoms with E-state index in [-0.39, 0.29) is 5.38 Å². The van der Waals surface area contributed by atoms with Crippen molar-refractivity contribution in [3.63, 3.8) is 0 Å². The van der Waals surface area contributed by atoms with E-state index in [1.807, 2.05) is 36.6 Å². The average molecular weight is 362 g/mol. The van der Waals surface area contributed by atoms with Crippen LogP contribution in [0.4, 0.5) is 0 Å². The molecule has 5 heteroatoms. The van der Waals surface area contributed by atoms with Gasteiger partial charge in [-0.1, -0.05) is 35.9 Å². The van der Waals surface area contributed by atoms with Crippen molar-refractivity contribution < 1.29 is 9.90 Å². The summed E-state index contributed by atoms with van der Waals surface area (Å²) < 4.78 is 1.99. The molecular formula is C19H17Cl2NO2. The molecule has 0 radical (unpaired) electrons. The van der Waals surface area contributed by atoms with Crippen molar-refractivity contribution >= 4 is 34.9 Å². The predicted molar refractivity (Wildman–Crippen MR) is 98.9 cm³/mol. The Morgan fingerprint density at radius 3 is 2.50 bits per heavy atom. The van der Waals surface area contributed by atoms with Gasteiger partial charge in [0.25, 0.3) is 0 Å². The van der Waals surface area contributed by atoms with E-state index in [1.165, 1.54) is 0 Å². The number of hydrogen-bond acceptors (Lipinski definition) is 1. The number of allylic oxidation sites excluding steroid dienone is 4. The molecule has 0 bridgehead atoms. The van der Waals surface area contributed by atoms with Crippen LogP contribution < -0.4 is 0 Å². The number of nitrogens with zero attached hydrogens (tertiary/aromatic N) is 1. The van der Waals surface area contributed by atoms with Crippen LogP contribution in [0.5, 0.6) is 0 Å². The summed E-state index contributed by atoms with van der Waals surface area (Å²) in [5, 5.41) is 10.1. The second kappa shape index (κ2) is 6.50. The molecule has 0 fully saturated rings. The molecule has 3 rings (SSSR count). The second-order valence-electron chi connectivity index (χ2n) is 5.87. The highest BCUT2D eigenvalue weighted by Gasteiger charge is 2.22. The first-order chi connectivity index (χ1) is 11.4. The zero-order valence-electron chi connectivity index (χ0n) is 13.4. The SMILES string of the molecule is CC1=CC(Cl)CC=C1n1c(-c2ccc(Cl)cc2)cc(C(=O)O)c1C. The molecule has 1 aliphatic carbocycles. The van der Waals surface area contributed by atoms with Crippen molar-refractivity contribution in [2.75, 3.05) is 0 Å². The van der Waals surface area contributed by atoms with Crippen LogP contribution in [0.15, 0.2) is 48.1 Å². The smallest absolute Gasteiger partial charge is 0.337 e. The number of carboxylic acid groups (broad SMARTS) is 1. The lowest BCUT2D eigenvalue weighted by atomic mass is 10.0. The van der Waals surface area contributed by atoms with Gasteiger partial charge in [-0.15, -0.1) is 11.6 Å². The molecule has 1 N–H and O–H groups in total. The normalized spacial score (nSPS) is 17.4. The summed E-state index contributed by atoms with van der Waals surface area (Å²) in [5.74, 6) is -0.935. The molecule has 124 valence electrons. The van der Waals surface area contributed by atoms with E-state index >= 15 is 0 Å². The molecule has 24 heavy (non-hydrogen) atoms. The average Bonchev–Trinajstić information content (AvgIpc) is 2.86. The lowest BCUT2D eigenvalue weighted by Gasteiger charge is -2.21. The Kier molecular flexibility index (Phi) is 4.57. The van der Waals surface area contributed by atoms with Gasteiger partial charge in [-0.3, -0.25) is 0 Å². The standard InChI is InChI=1S/C19H17Cl2NO2/c1-11-9-15(21)7-8-17(11)22-12(2)16(19(23)24)10-18(22)13-3-5-14(20)6-4-13/h3-6,8-10,15H,7H2,1-2H3,(H,23,24). The summed E-state index contributed by atoms with van der Waals surface area (Å²) in [6, 6.07) is 9.10. The van der Waals surface area contributed by atoms with Crippen LogP contribution in [0, 0.1) is 6.92 Å². The van der Waals surface area contributed by atoms with Gasteiger partial charge in [-0.2, -0.15) is 0 Å². The quantitative estimate of drug-likeness (QED) is 0.721. The summed E-state index contributed by atoms with van der Waals surface area (Å²) in [5.41, 5.74) is 4.74. The van der Waals surface area contributed by atoms with Crippen LogP contribution in [-0.4, -0.2) is 21.0 Å². The highest BCUT2D eigenvalue weighted by Crippen LogP contribution is 2.35. The number of rotatable bonds is 3. The molecule has 1 unspecified atom stereocenters. The number of aromatic nitrogens is 1. The maximum Gasteiger partial charge on any atom is 0.337 e. The number of hydrogen-bond donors (Lipinski definition) is 1. The van der Waals surface area contributed by atoms with Crippen molar-refractivity contribution in [1.82, 2.24) is 4.57 Å². The third kappa shape index (κ3) is 3.02. The minimum Gasteiger partial charge on any atom is -0.478 e. The third-order valence-electron chi connectivity index (χ3n) is 4.23. The number of aromatic carboxylic acids is 1. The van der Waals surface area contributed by atoms with Gasteiger partial charge >= 0.3 is 5.97 Å². The lowest BCUT2D eigenvalue weighted by molar-refractivity contribution is 0.0696. The van der Waals surface area contributed by atoms with Crippen LogP contribution in [0.25, 0.3) is 17.0 Å². The molecule has 0 saturated carbocycles. The Hall–Kier alpha value is -1.97. The highest BCUT2D eigenvalue weighted by atomic mass is 35.5. The monoisotopic (exact) mass is 361 g/mol. The van der Waals surface area contributed by atoms with Crippen molar-refractivity contribution in [2.24, 2.45) is 0 Å². The Balaban J connectivity index is 2.22. The molecule has 3 nitrogen and oxygen atoms in total. The number of carboxylic acids is 1. The molecular weight excluding hydrogens is 345 g/mol. The summed E-state index contributed by atoms with van der Waals surface area (Å²) in [6.07, 6.45) is 4.78. The predicted octanol–water partition coefficient (Wildman–Crippen LogP) is 5.61. The maximum atomic E-state index is 11.6. The minimum absolute atomic E-state index is 0.0254. The lowest BCUT2D eigenvalue weighted by Crippen LogP contribution is -2.10. The maximum absolute atomic E-state index is 11.6. The molecule has 1 heterocycles. The molecule has 1 aromatic heterocycles. The Labute approximate surface area is 150 Å². The van der Waals surface area contributed by atoms with Crippen LogP contribution in [-0.2, 0) is 0 Å². The van der Waals surface area contributed by atoms with Gasteiger partial charge in [-0.05, 0) is 49.6 Å². The fraction of sp³-hybridized carbons (Fsp3) is 0.211. The zero-order chi connectivity index (χ0) is 17.4. The zero-order valence-corrected chi connectivity index (χ0v) is 14.9. The largest absolute Gasteiger partial charge is 0.478 e. The summed E-state index contributed by atoms with van der Waals surface area (Å²) in [7, 11) is 0. The van der Waals surface area contributed by atoms with Gasteiger partial charge in [0.1, 0.15) is 0 Å². The van der Waals surface area contributed by atoms with E-state index in [4.69, 9.17) is 23.2 Å². The second-order valence-corrected chi connectivity index (χ2v) is 6.86. The Morgan fingerprint density at radius 1 is 1.25 bits per heavy atom. The molecule has 2 aromatic rings. The Morgan fingerprint density at radius 2 is 1.92 bits per heavy atom. The molecule has 1 aliphatic rings. The first kappa shape index (κ1) is 16.9. The Bertz CT molecular complexity index is 860. The molecule has 0 spiro atoms. The highest BCUT2D eigenvalue weighted by molar-refractivity contribution is 6.30.